The number of hydrogen-bond donors (Lipinski definition) is 13. The van der Waals surface area contributed by atoms with Crippen LogP contribution in [0.1, 0.15) is 48.9 Å². The Balaban J connectivity index is 1.19. The van der Waals surface area contributed by atoms with Crippen LogP contribution in [-0.2, 0) is 64.0 Å². The number of H-pyrrole nitrogens is 1. The predicted molar refractivity (Wildman–Crippen MR) is 325 cm³/mol. The zero-order chi connectivity index (χ0) is 59.2. The smallest absolute Gasteiger partial charge is 0.244 e. The highest BCUT2D eigenvalue weighted by Crippen LogP contribution is 2.22. The number of aromatic amines is 1. The van der Waals surface area contributed by atoms with Gasteiger partial charge >= 0.3 is 0 Å². The van der Waals surface area contributed by atoms with Crippen molar-refractivity contribution in [1.82, 2.24) is 47.5 Å². The molecule has 8 atom stereocenters. The van der Waals surface area contributed by atoms with Crippen LogP contribution >= 0.6 is 25.3 Å². The van der Waals surface area contributed by atoms with Gasteiger partial charge in [-0.3, -0.25) is 38.4 Å². The number of carbonyl (C=O) groups excluding carboxylic acids is 8. The van der Waals surface area contributed by atoms with Crippen molar-refractivity contribution in [1.29, 1.82) is 0 Å². The molecule has 12 N–H and O–H groups in total. The second-order valence-corrected chi connectivity index (χ2v) is 21.9. The van der Waals surface area contributed by atoms with E-state index in [1.807, 2.05) is 109 Å². The van der Waals surface area contributed by atoms with E-state index in [2.05, 4.69) is 72.8 Å². The van der Waals surface area contributed by atoms with Gasteiger partial charge in [0.2, 0.25) is 47.3 Å². The van der Waals surface area contributed by atoms with Crippen molar-refractivity contribution in [2.45, 2.75) is 101 Å². The van der Waals surface area contributed by atoms with Crippen LogP contribution in [0.3, 0.4) is 0 Å². The summed E-state index contributed by atoms with van der Waals surface area (Å²) in [7, 11) is 0. The van der Waals surface area contributed by atoms with Crippen molar-refractivity contribution in [3.63, 3.8) is 0 Å². The van der Waals surface area contributed by atoms with E-state index in [1.54, 1.807) is 32.2 Å². The van der Waals surface area contributed by atoms with E-state index < -0.39 is 102 Å². The molecule has 83 heavy (non-hydrogen) atoms. The number of thiol groups is 2. The number of aromatic hydroxyl groups is 1. The number of nitrogens with one attached hydrogen (secondary N) is 9. The summed E-state index contributed by atoms with van der Waals surface area (Å²) in [5, 5.41) is 36.8. The van der Waals surface area contributed by atoms with E-state index in [0.717, 1.165) is 32.4 Å². The Bertz CT molecular complexity index is 3490. The van der Waals surface area contributed by atoms with Gasteiger partial charge in [0.15, 0.2) is 0 Å². The SMILES string of the molecule is CC(C)[C@@H]1NC(=O)[C@H](CCCN)NC(=O)[C@@H](Cc2c[nH]c3ccccc23)NC(=O)[C@H](Cc2ccc(O)cc2)NC(=O)[C@H](CS)NC(=O)[C@@H](Cc2ccc3ccccc3c2)NC(=O)[C@H](Cc2ccc3ccccc3c2)NC(=O)[C@H](CS)NC1=O. The van der Waals surface area contributed by atoms with Gasteiger partial charge in [0, 0.05) is 54.3 Å². The summed E-state index contributed by atoms with van der Waals surface area (Å²) in [6.07, 6.45) is 1.57. The fourth-order valence-corrected chi connectivity index (χ4v) is 10.6. The fraction of sp³-hybridized carbons (Fsp3) is 0.323. The minimum atomic E-state index is -1.43. The van der Waals surface area contributed by atoms with Crippen LogP contribution in [0.25, 0.3) is 32.4 Å². The number of amides is 8. The molecule has 0 unspecified atom stereocenters. The molecule has 0 saturated carbocycles. The van der Waals surface area contributed by atoms with Gasteiger partial charge in [-0.25, -0.2) is 0 Å². The molecule has 8 rings (SSSR count). The van der Waals surface area contributed by atoms with Crippen molar-refractivity contribution in [3.05, 3.63) is 162 Å². The van der Waals surface area contributed by atoms with Crippen molar-refractivity contribution < 1.29 is 43.5 Å². The molecule has 0 radical (unpaired) electrons. The molecule has 1 aromatic heterocycles. The molecule has 434 valence electrons. The van der Waals surface area contributed by atoms with E-state index in [4.69, 9.17) is 5.73 Å². The normalized spacial score (nSPS) is 22.1. The predicted octanol–water partition coefficient (Wildman–Crippen LogP) is 3.60. The van der Waals surface area contributed by atoms with Gasteiger partial charge in [-0.2, -0.15) is 25.3 Å². The van der Waals surface area contributed by atoms with E-state index >= 15 is 0 Å². The highest BCUT2D eigenvalue weighted by molar-refractivity contribution is 7.80. The van der Waals surface area contributed by atoms with Crippen LogP contribution < -0.4 is 48.3 Å². The van der Waals surface area contributed by atoms with Gasteiger partial charge in [-0.15, -0.1) is 0 Å². The first kappa shape index (κ1) is 60.7. The third-order valence-corrected chi connectivity index (χ3v) is 15.5. The van der Waals surface area contributed by atoms with Crippen molar-refractivity contribution in [2.24, 2.45) is 11.7 Å². The molecular weight excluding hydrogens is 1090 g/mol. The number of phenolic OH excluding ortho intramolecular Hbond substituents is 1. The number of hydrogen-bond acceptors (Lipinski definition) is 12. The Kier molecular flexibility index (Phi) is 20.9. The van der Waals surface area contributed by atoms with E-state index in [-0.39, 0.29) is 62.3 Å². The topological polar surface area (TPSA) is 295 Å². The maximum absolute atomic E-state index is 15.0. The largest absolute Gasteiger partial charge is 0.508 e. The maximum atomic E-state index is 15.0. The molecular formula is C62H70N10O9S2. The highest BCUT2D eigenvalue weighted by Gasteiger charge is 2.37. The van der Waals surface area contributed by atoms with Crippen LogP contribution in [0.5, 0.6) is 5.75 Å². The Hall–Kier alpha value is -8.40. The number of para-hydroxylation sites is 1. The number of phenols is 1. The Labute approximate surface area is 491 Å². The number of fused-ring (bicyclic) bond motifs is 3. The van der Waals surface area contributed by atoms with Crippen LogP contribution in [-0.4, -0.2) is 124 Å². The molecule has 0 aliphatic carbocycles. The minimum absolute atomic E-state index is 0.0239. The first-order valence-electron chi connectivity index (χ1n) is 27.6. The van der Waals surface area contributed by atoms with Gasteiger partial charge < -0.3 is 58.4 Å². The monoisotopic (exact) mass is 1160 g/mol. The first-order chi connectivity index (χ1) is 40.0. The zero-order valence-corrected chi connectivity index (χ0v) is 47.8. The lowest BCUT2D eigenvalue weighted by Crippen LogP contribution is -2.62. The number of carbonyl (C=O) groups is 8. The lowest BCUT2D eigenvalue weighted by molar-refractivity contribution is -0.136. The van der Waals surface area contributed by atoms with E-state index in [9.17, 15) is 43.5 Å². The Morgan fingerprint density at radius 1 is 0.446 bits per heavy atom. The molecule has 0 spiro atoms. The summed E-state index contributed by atoms with van der Waals surface area (Å²) in [5.41, 5.74) is 9.13. The molecule has 6 aromatic carbocycles. The van der Waals surface area contributed by atoms with Gasteiger partial charge in [0.1, 0.15) is 54.1 Å². The number of aromatic nitrogens is 1. The van der Waals surface area contributed by atoms with Crippen LogP contribution in [0, 0.1) is 5.92 Å². The van der Waals surface area contributed by atoms with Crippen molar-refractivity contribution in [3.8, 4) is 5.75 Å². The summed E-state index contributed by atoms with van der Waals surface area (Å²) in [5.74, 6) is -7.44. The summed E-state index contributed by atoms with van der Waals surface area (Å²) < 4.78 is 0. The first-order valence-corrected chi connectivity index (χ1v) is 28.9. The van der Waals surface area contributed by atoms with Crippen molar-refractivity contribution >= 4 is 105 Å². The second-order valence-electron chi connectivity index (χ2n) is 21.2. The lowest BCUT2D eigenvalue weighted by atomic mass is 9.98. The third-order valence-electron chi connectivity index (χ3n) is 14.7. The lowest BCUT2D eigenvalue weighted by Gasteiger charge is -2.29. The average Bonchev–Trinajstić information content (AvgIpc) is 4.09. The molecule has 1 aliphatic rings. The summed E-state index contributed by atoms with van der Waals surface area (Å²) in [6, 6.07) is 28.8. The van der Waals surface area contributed by atoms with Crippen LogP contribution in [0.2, 0.25) is 0 Å². The van der Waals surface area contributed by atoms with Gasteiger partial charge in [0.05, 0.1) is 0 Å². The third kappa shape index (κ3) is 16.0. The number of benzene rings is 6. The number of nitrogens with two attached hydrogens (primary N) is 1. The Morgan fingerprint density at radius 2 is 0.843 bits per heavy atom. The van der Waals surface area contributed by atoms with Crippen LogP contribution in [0.4, 0.5) is 0 Å². The summed E-state index contributed by atoms with van der Waals surface area (Å²) in [4.78, 5) is 121. The molecule has 1 aliphatic heterocycles. The van der Waals surface area contributed by atoms with Gasteiger partial charge in [-0.1, -0.05) is 129 Å². The standard InChI is InChI=1S/C62H70N10O9S2/c1-35(2)54-62(81)71-53(34-83)61(80)68-49(29-37-17-21-39-10-3-5-12-41(39)26-37)57(76)66-50(30-38-18-22-40-11-4-6-13-42(40)27-38)58(77)70-52(33-82)60(79)67-48(28-36-19-23-44(73)24-20-36)56(75)69-51(31-43-32-64-46-15-8-7-14-45(43)46)59(78)65-47(16-9-25-63)55(74)72-54/h3-8,10-15,17-24,26-27,32,35,47-54,64,73,82-83H,9,16,25,28-31,33-34,63H2,1-2H3,(H,65,78)(H,66,76)(H,67,79)(H,68,80)(H,69,75)(H,70,77)(H,71,81)(H,72,74)/t47-,48-,49-,50+,51+,52-,53-,54-/m0/s1. The highest BCUT2D eigenvalue weighted by atomic mass is 32.1. The average molecular weight is 1160 g/mol. The minimum Gasteiger partial charge on any atom is -0.508 e. The quantitative estimate of drug-likeness (QED) is 0.0703. The zero-order valence-electron chi connectivity index (χ0n) is 46.0. The fourth-order valence-electron chi connectivity index (χ4n) is 10.1. The molecule has 8 amide bonds. The molecule has 0 bridgehead atoms. The molecule has 7 aromatic rings. The molecule has 19 nitrogen and oxygen atoms in total. The maximum Gasteiger partial charge on any atom is 0.244 e. The molecule has 1 fully saturated rings. The molecule has 2 heterocycles. The van der Waals surface area contributed by atoms with Gasteiger partial charge in [-0.05, 0) is 87.3 Å². The summed E-state index contributed by atoms with van der Waals surface area (Å²) in [6.45, 7) is 3.52. The van der Waals surface area contributed by atoms with E-state index in [0.29, 0.717) is 22.3 Å². The summed E-state index contributed by atoms with van der Waals surface area (Å²) >= 11 is 8.92. The molecule has 1 saturated heterocycles. The second kappa shape index (κ2) is 28.5. The Morgan fingerprint density at radius 3 is 1.34 bits per heavy atom. The van der Waals surface area contributed by atoms with E-state index in [1.165, 1.54) is 12.1 Å². The number of rotatable bonds is 14. The van der Waals surface area contributed by atoms with Gasteiger partial charge in [0.25, 0.3) is 0 Å². The van der Waals surface area contributed by atoms with Crippen molar-refractivity contribution in [2.75, 3.05) is 18.1 Å². The van der Waals surface area contributed by atoms with Crippen LogP contribution in [0.15, 0.2) is 140 Å². The molecule has 21 heteroatoms.